The molecule has 18 heteroatoms. The molecule has 0 bridgehead atoms. The number of hydrogen-bond donors (Lipinski definition) is 5. The van der Waals surface area contributed by atoms with E-state index in [1.165, 1.54) is 23.9 Å². The minimum Gasteiger partial charge on any atom is -0.444 e. The van der Waals surface area contributed by atoms with Crippen molar-refractivity contribution in [3.8, 4) is 0 Å². The lowest BCUT2D eigenvalue weighted by Crippen LogP contribution is -2.61. The lowest BCUT2D eigenvalue weighted by atomic mass is 9.83. The fourth-order valence-corrected chi connectivity index (χ4v) is 8.18. The van der Waals surface area contributed by atoms with Crippen LogP contribution in [0.25, 0.3) is 0 Å². The first-order valence-electron chi connectivity index (χ1n) is 20.0. The largest absolute Gasteiger partial charge is 0.444 e. The summed E-state index contributed by atoms with van der Waals surface area (Å²) in [7, 11) is 2.98. The van der Waals surface area contributed by atoms with Crippen LogP contribution in [0.5, 0.6) is 0 Å². The molecule has 1 heterocycles. The SMILES string of the molecule is CCC(C)(C)OC(=O)N[C@H](C(=O)N1C[C@@H]2CC(F)(F)C[C@@H]2C1C(O)NC(CCC(F)F)C(=O)C(=O)NCC(=O)N[C@H](C(=O)N(C)C)c1ccccc1)C1CCCCC1. The monoisotopic (exact) mass is 826 g/mol. The summed E-state index contributed by atoms with van der Waals surface area (Å²) < 4.78 is 62.2. The zero-order valence-corrected chi connectivity index (χ0v) is 33.8. The van der Waals surface area contributed by atoms with Crippen LogP contribution in [0.15, 0.2) is 30.3 Å². The topological polar surface area (TPSA) is 186 Å². The molecule has 5 N–H and O–H groups in total. The zero-order valence-electron chi connectivity index (χ0n) is 33.8. The molecule has 7 atom stereocenters. The van der Waals surface area contributed by atoms with Gasteiger partial charge in [-0.2, -0.15) is 0 Å². The van der Waals surface area contributed by atoms with Crippen molar-refractivity contribution in [2.75, 3.05) is 27.2 Å². The standard InChI is InChI=1S/C40H58F4N6O8/c1-6-39(2,3)58-38(57)48-31(24-15-11-8-12-16-24)37(56)50-22-25-19-40(43,44)20-26(25)32(50)34(53)46-27(17-18-28(41)42)33(52)35(54)45-21-29(51)47-30(36(55)49(4)5)23-13-9-7-10-14-23/h7,9-10,13-14,24-28,30-32,34,46,53H,6,8,11-12,15-22H2,1-5H3,(H,45,54)(H,47,51)(H,48,57)/t25-,26-,27?,30-,31-,32?,34?/m0/s1. The number of halogens is 4. The number of alkyl halides is 4. The Morgan fingerprint density at radius 2 is 1.64 bits per heavy atom. The highest BCUT2D eigenvalue weighted by molar-refractivity contribution is 6.38. The summed E-state index contributed by atoms with van der Waals surface area (Å²) in [6, 6.07) is 2.84. The number of ketones is 1. The molecule has 3 fully saturated rings. The van der Waals surface area contributed by atoms with E-state index in [1.807, 2.05) is 6.92 Å². The summed E-state index contributed by atoms with van der Waals surface area (Å²) in [6.07, 6.45) is -4.39. The van der Waals surface area contributed by atoms with Crippen LogP contribution in [0.2, 0.25) is 0 Å². The van der Waals surface area contributed by atoms with E-state index in [0.717, 1.165) is 19.3 Å². The van der Waals surface area contributed by atoms with Crippen molar-refractivity contribution < 1.29 is 56.2 Å². The molecule has 0 radical (unpaired) electrons. The molecule has 2 aliphatic carbocycles. The van der Waals surface area contributed by atoms with Crippen LogP contribution in [0.3, 0.4) is 0 Å². The van der Waals surface area contributed by atoms with Gasteiger partial charge in [0, 0.05) is 39.9 Å². The summed E-state index contributed by atoms with van der Waals surface area (Å²) in [5, 5.41) is 21.5. The smallest absolute Gasteiger partial charge is 0.408 e. The van der Waals surface area contributed by atoms with Crippen LogP contribution >= 0.6 is 0 Å². The van der Waals surface area contributed by atoms with E-state index < -0.39 is 128 Å². The van der Waals surface area contributed by atoms with Crippen molar-refractivity contribution in [1.29, 1.82) is 0 Å². The Kier molecular flexibility index (Phi) is 16.1. The van der Waals surface area contributed by atoms with Gasteiger partial charge in [-0.1, -0.05) is 56.5 Å². The average Bonchev–Trinajstić information content (AvgIpc) is 3.67. The summed E-state index contributed by atoms with van der Waals surface area (Å²) >= 11 is 0. The first-order chi connectivity index (χ1) is 27.2. The van der Waals surface area contributed by atoms with E-state index in [1.54, 1.807) is 44.2 Å². The summed E-state index contributed by atoms with van der Waals surface area (Å²) in [4.78, 5) is 82.5. The molecular formula is C40H58F4N6O8. The number of fused-ring (bicyclic) bond motifs is 1. The van der Waals surface area contributed by atoms with Crippen molar-refractivity contribution >= 4 is 35.5 Å². The molecule has 4 rings (SSSR count). The number of likely N-dealkylation sites (tertiary alicyclic amines) is 1. The number of rotatable bonds is 18. The molecule has 2 saturated carbocycles. The van der Waals surface area contributed by atoms with Gasteiger partial charge in [0.05, 0.1) is 18.6 Å². The van der Waals surface area contributed by atoms with Gasteiger partial charge in [0.25, 0.3) is 5.91 Å². The lowest BCUT2D eigenvalue weighted by molar-refractivity contribution is -0.143. The van der Waals surface area contributed by atoms with Crippen LogP contribution in [-0.4, -0.2) is 120 Å². The van der Waals surface area contributed by atoms with Crippen molar-refractivity contribution in [2.24, 2.45) is 17.8 Å². The Balaban J connectivity index is 1.53. The van der Waals surface area contributed by atoms with Gasteiger partial charge in [-0.05, 0) is 62.8 Å². The summed E-state index contributed by atoms with van der Waals surface area (Å²) in [5.74, 6) is -9.86. The number of aliphatic hydroxyl groups excluding tert-OH is 1. The zero-order chi connectivity index (χ0) is 42.9. The number of aliphatic hydroxyl groups is 1. The van der Waals surface area contributed by atoms with E-state index >= 15 is 0 Å². The van der Waals surface area contributed by atoms with Crippen LogP contribution < -0.4 is 21.3 Å². The highest BCUT2D eigenvalue weighted by Crippen LogP contribution is 2.50. The Labute approximate surface area is 336 Å². The third-order valence-corrected chi connectivity index (χ3v) is 11.5. The summed E-state index contributed by atoms with van der Waals surface area (Å²) in [6.45, 7) is 4.26. The van der Waals surface area contributed by atoms with Gasteiger partial charge >= 0.3 is 6.09 Å². The van der Waals surface area contributed by atoms with Gasteiger partial charge in [-0.25, -0.2) is 22.4 Å². The quantitative estimate of drug-likeness (QED) is 0.0837. The van der Waals surface area contributed by atoms with Gasteiger partial charge in [0.15, 0.2) is 0 Å². The predicted octanol–water partition coefficient (Wildman–Crippen LogP) is 3.68. The normalized spacial score (nSPS) is 22.6. The second-order valence-electron chi connectivity index (χ2n) is 16.5. The Morgan fingerprint density at radius 1 is 0.983 bits per heavy atom. The number of nitrogens with zero attached hydrogens (tertiary/aromatic N) is 2. The second-order valence-corrected chi connectivity index (χ2v) is 16.5. The number of benzene rings is 1. The number of amides is 5. The molecule has 5 amide bonds. The number of likely N-dealkylation sites (N-methyl/N-ethyl adjacent to an activating group) is 1. The molecule has 3 unspecified atom stereocenters. The maximum Gasteiger partial charge on any atom is 0.408 e. The average molecular weight is 827 g/mol. The number of nitrogens with one attached hydrogen (secondary N) is 4. The van der Waals surface area contributed by atoms with Crippen molar-refractivity contribution in [3.63, 3.8) is 0 Å². The van der Waals surface area contributed by atoms with Crippen LogP contribution in [0.4, 0.5) is 22.4 Å². The predicted molar refractivity (Wildman–Crippen MR) is 203 cm³/mol. The van der Waals surface area contributed by atoms with E-state index in [2.05, 4.69) is 21.3 Å². The third kappa shape index (κ3) is 12.3. The summed E-state index contributed by atoms with van der Waals surface area (Å²) in [5.41, 5.74) is -0.403. The minimum atomic E-state index is -3.12. The number of ether oxygens (including phenoxy) is 1. The first-order valence-corrected chi connectivity index (χ1v) is 20.0. The highest BCUT2D eigenvalue weighted by Gasteiger charge is 2.58. The van der Waals surface area contributed by atoms with Gasteiger partial charge in [0.1, 0.15) is 23.9 Å². The molecule has 1 aliphatic heterocycles. The number of hydrogen-bond acceptors (Lipinski definition) is 9. The van der Waals surface area contributed by atoms with Crippen molar-refractivity contribution in [1.82, 2.24) is 31.1 Å². The van der Waals surface area contributed by atoms with E-state index in [-0.39, 0.29) is 12.5 Å². The molecular weight excluding hydrogens is 768 g/mol. The Hall–Kier alpha value is -4.32. The second kappa shape index (κ2) is 20.1. The Bertz CT molecular complexity index is 1610. The maximum absolute atomic E-state index is 14.8. The molecule has 0 aromatic heterocycles. The molecule has 0 spiro atoms. The van der Waals surface area contributed by atoms with Crippen molar-refractivity contribution in [2.45, 2.75) is 133 Å². The van der Waals surface area contributed by atoms with Crippen LogP contribution in [-0.2, 0) is 28.7 Å². The van der Waals surface area contributed by atoms with Crippen LogP contribution in [0.1, 0.15) is 96.6 Å². The number of alkyl carbamates (subject to hydrolysis) is 1. The fourth-order valence-electron chi connectivity index (χ4n) is 8.18. The molecule has 324 valence electrons. The van der Waals surface area contributed by atoms with Gasteiger partial charge < -0.3 is 35.6 Å². The Morgan fingerprint density at radius 3 is 2.24 bits per heavy atom. The molecule has 58 heavy (non-hydrogen) atoms. The van der Waals surface area contributed by atoms with Crippen LogP contribution in [0, 0.1) is 17.8 Å². The van der Waals surface area contributed by atoms with Gasteiger partial charge in [0.2, 0.25) is 35.9 Å². The molecule has 1 aromatic carbocycles. The molecule has 1 saturated heterocycles. The molecule has 14 nitrogen and oxygen atoms in total. The highest BCUT2D eigenvalue weighted by atomic mass is 19.3. The molecule has 3 aliphatic rings. The molecule has 1 aromatic rings. The van der Waals surface area contributed by atoms with E-state index in [9.17, 15) is 51.4 Å². The number of Topliss-reactive ketones (excluding diaryl/α,β-unsaturated/α-hetero) is 1. The first kappa shape index (κ1) is 46.4. The van der Waals surface area contributed by atoms with E-state index in [0.29, 0.717) is 24.8 Å². The fraction of sp³-hybridized carbons (Fsp3) is 0.700. The van der Waals surface area contributed by atoms with Crippen molar-refractivity contribution in [3.05, 3.63) is 35.9 Å². The van der Waals surface area contributed by atoms with Gasteiger partial charge in [-0.15, -0.1) is 0 Å². The third-order valence-electron chi connectivity index (χ3n) is 11.5. The number of carbonyl (C=O) groups is 6. The number of carbonyl (C=O) groups excluding carboxylic acids is 6. The van der Waals surface area contributed by atoms with Gasteiger partial charge in [-0.3, -0.25) is 29.3 Å². The lowest BCUT2D eigenvalue weighted by Gasteiger charge is -2.38. The van der Waals surface area contributed by atoms with E-state index in [4.69, 9.17) is 4.74 Å². The minimum absolute atomic E-state index is 0.200. The maximum atomic E-state index is 14.8.